The van der Waals surface area contributed by atoms with E-state index < -0.39 is 0 Å². The van der Waals surface area contributed by atoms with Crippen LogP contribution in [0, 0.1) is 6.92 Å². The van der Waals surface area contributed by atoms with Crippen LogP contribution in [0.25, 0.3) is 0 Å². The summed E-state index contributed by atoms with van der Waals surface area (Å²) in [5.41, 5.74) is 1.95. The van der Waals surface area contributed by atoms with E-state index in [0.717, 1.165) is 17.2 Å². The van der Waals surface area contributed by atoms with Crippen LogP contribution in [0.5, 0.6) is 0 Å². The third-order valence-corrected chi connectivity index (χ3v) is 2.39. The van der Waals surface area contributed by atoms with E-state index in [1.54, 1.807) is 23.1 Å². The van der Waals surface area contributed by atoms with Crippen LogP contribution in [0.2, 0.25) is 0 Å². The minimum Gasteiger partial charge on any atom is -0.373 e. The van der Waals surface area contributed by atoms with Crippen LogP contribution < -0.4 is 10.6 Å². The van der Waals surface area contributed by atoms with Gasteiger partial charge in [-0.25, -0.2) is 4.98 Å². The van der Waals surface area contributed by atoms with Crippen molar-refractivity contribution in [1.82, 2.24) is 19.7 Å². The van der Waals surface area contributed by atoms with Crippen LogP contribution >= 0.6 is 0 Å². The van der Waals surface area contributed by atoms with Crippen LogP contribution in [0.4, 0.5) is 17.5 Å². The van der Waals surface area contributed by atoms with Crippen LogP contribution in [0.15, 0.2) is 18.5 Å². The summed E-state index contributed by atoms with van der Waals surface area (Å²) in [5, 5.41) is 10.2. The van der Waals surface area contributed by atoms with Gasteiger partial charge in [-0.15, -0.1) is 0 Å². The SMILES string of the molecule is CNc1ccnc(Nc2cnn(C)c2C)n1. The molecule has 2 rings (SSSR count). The molecule has 2 aromatic rings. The highest BCUT2D eigenvalue weighted by molar-refractivity contribution is 5.56. The number of aromatic nitrogens is 4. The van der Waals surface area contributed by atoms with Gasteiger partial charge in [-0.2, -0.15) is 10.1 Å². The Morgan fingerprint density at radius 3 is 2.81 bits per heavy atom. The molecule has 0 bridgehead atoms. The third kappa shape index (κ3) is 1.95. The zero-order valence-electron chi connectivity index (χ0n) is 9.52. The number of nitrogens with one attached hydrogen (secondary N) is 2. The average Bonchev–Trinajstić information content (AvgIpc) is 2.61. The zero-order chi connectivity index (χ0) is 11.5. The first-order valence-corrected chi connectivity index (χ1v) is 4.97. The van der Waals surface area contributed by atoms with E-state index in [0.29, 0.717) is 5.95 Å². The molecule has 0 saturated carbocycles. The summed E-state index contributed by atoms with van der Waals surface area (Å²) in [4.78, 5) is 8.40. The zero-order valence-corrected chi connectivity index (χ0v) is 9.52. The maximum atomic E-state index is 4.27. The Bertz CT molecular complexity index is 490. The van der Waals surface area contributed by atoms with E-state index in [1.165, 1.54) is 0 Å². The molecule has 0 radical (unpaired) electrons. The van der Waals surface area contributed by atoms with Gasteiger partial charge in [0.1, 0.15) is 5.82 Å². The van der Waals surface area contributed by atoms with Gasteiger partial charge in [0.2, 0.25) is 5.95 Å². The lowest BCUT2D eigenvalue weighted by Gasteiger charge is -2.05. The normalized spacial score (nSPS) is 10.2. The van der Waals surface area contributed by atoms with E-state index >= 15 is 0 Å². The Morgan fingerprint density at radius 2 is 2.19 bits per heavy atom. The predicted octanol–water partition coefficient (Wildman–Crippen LogP) is 1.30. The van der Waals surface area contributed by atoms with Gasteiger partial charge in [-0.3, -0.25) is 4.68 Å². The van der Waals surface area contributed by atoms with Crippen molar-refractivity contribution in [3.05, 3.63) is 24.2 Å². The molecule has 0 aromatic carbocycles. The third-order valence-electron chi connectivity index (χ3n) is 2.39. The molecule has 16 heavy (non-hydrogen) atoms. The fourth-order valence-corrected chi connectivity index (χ4v) is 1.30. The molecule has 2 heterocycles. The highest BCUT2D eigenvalue weighted by atomic mass is 15.3. The van der Waals surface area contributed by atoms with Crippen LogP contribution in [0.1, 0.15) is 5.69 Å². The number of aryl methyl sites for hydroxylation is 1. The van der Waals surface area contributed by atoms with Crippen molar-refractivity contribution >= 4 is 17.5 Å². The molecule has 0 aliphatic carbocycles. The van der Waals surface area contributed by atoms with Gasteiger partial charge in [0.15, 0.2) is 0 Å². The largest absolute Gasteiger partial charge is 0.373 e. The number of anilines is 3. The summed E-state index contributed by atoms with van der Waals surface area (Å²) in [7, 11) is 3.72. The maximum Gasteiger partial charge on any atom is 0.229 e. The van der Waals surface area contributed by atoms with Crippen molar-refractivity contribution in [2.75, 3.05) is 17.7 Å². The van der Waals surface area contributed by atoms with E-state index in [9.17, 15) is 0 Å². The lowest BCUT2D eigenvalue weighted by atomic mass is 10.4. The molecule has 0 aliphatic rings. The molecule has 0 amide bonds. The molecule has 0 saturated heterocycles. The smallest absolute Gasteiger partial charge is 0.229 e. The van der Waals surface area contributed by atoms with Gasteiger partial charge in [-0.05, 0) is 13.0 Å². The molecule has 0 fully saturated rings. The molecule has 0 aliphatic heterocycles. The average molecular weight is 218 g/mol. The van der Waals surface area contributed by atoms with Gasteiger partial charge in [0, 0.05) is 20.3 Å². The van der Waals surface area contributed by atoms with Gasteiger partial charge in [0.25, 0.3) is 0 Å². The van der Waals surface area contributed by atoms with Gasteiger partial charge >= 0.3 is 0 Å². The monoisotopic (exact) mass is 218 g/mol. The first kappa shape index (κ1) is 10.4. The molecule has 0 unspecified atom stereocenters. The lowest BCUT2D eigenvalue weighted by Crippen LogP contribution is -2.01. The van der Waals surface area contributed by atoms with E-state index in [2.05, 4.69) is 25.7 Å². The first-order valence-electron chi connectivity index (χ1n) is 4.97. The van der Waals surface area contributed by atoms with Crippen molar-refractivity contribution < 1.29 is 0 Å². The van der Waals surface area contributed by atoms with Gasteiger partial charge in [0.05, 0.1) is 17.6 Å². The minimum atomic E-state index is 0.558. The Morgan fingerprint density at radius 1 is 1.38 bits per heavy atom. The Balaban J connectivity index is 2.23. The summed E-state index contributed by atoms with van der Waals surface area (Å²) in [6.45, 7) is 1.98. The molecule has 6 heteroatoms. The molecule has 0 spiro atoms. The molecular formula is C10H14N6. The quantitative estimate of drug-likeness (QED) is 0.812. The molecule has 2 aromatic heterocycles. The second-order valence-electron chi connectivity index (χ2n) is 3.41. The predicted molar refractivity (Wildman–Crippen MR) is 62.8 cm³/mol. The number of nitrogens with zero attached hydrogens (tertiary/aromatic N) is 4. The Hall–Kier alpha value is -2.11. The molecule has 6 nitrogen and oxygen atoms in total. The van der Waals surface area contributed by atoms with Gasteiger partial charge < -0.3 is 10.6 Å². The van der Waals surface area contributed by atoms with Crippen LogP contribution in [0.3, 0.4) is 0 Å². The fourth-order valence-electron chi connectivity index (χ4n) is 1.30. The summed E-state index contributed by atoms with van der Waals surface area (Å²) in [6, 6.07) is 1.81. The Kier molecular flexibility index (Phi) is 2.72. The van der Waals surface area contributed by atoms with Crippen LogP contribution in [-0.2, 0) is 7.05 Å². The second-order valence-corrected chi connectivity index (χ2v) is 3.41. The van der Waals surface area contributed by atoms with E-state index in [-0.39, 0.29) is 0 Å². The summed E-state index contributed by atoms with van der Waals surface area (Å²) < 4.78 is 1.80. The van der Waals surface area contributed by atoms with E-state index in [1.807, 2.05) is 21.0 Å². The summed E-state index contributed by atoms with van der Waals surface area (Å²) >= 11 is 0. The first-order chi connectivity index (χ1) is 7.70. The van der Waals surface area contributed by atoms with Crippen molar-refractivity contribution in [3.8, 4) is 0 Å². The van der Waals surface area contributed by atoms with Crippen molar-refractivity contribution in [2.24, 2.45) is 7.05 Å². The van der Waals surface area contributed by atoms with Gasteiger partial charge in [-0.1, -0.05) is 0 Å². The molecular weight excluding hydrogens is 204 g/mol. The van der Waals surface area contributed by atoms with Crippen molar-refractivity contribution in [1.29, 1.82) is 0 Å². The summed E-state index contributed by atoms with van der Waals surface area (Å²) in [6.07, 6.45) is 3.46. The number of hydrogen-bond acceptors (Lipinski definition) is 5. The molecule has 2 N–H and O–H groups in total. The topological polar surface area (TPSA) is 67.7 Å². The van der Waals surface area contributed by atoms with Crippen molar-refractivity contribution in [2.45, 2.75) is 6.92 Å². The van der Waals surface area contributed by atoms with Crippen LogP contribution in [-0.4, -0.2) is 26.8 Å². The Labute approximate surface area is 93.7 Å². The second kappa shape index (κ2) is 4.18. The lowest BCUT2D eigenvalue weighted by molar-refractivity contribution is 0.740. The standard InChI is InChI=1S/C10H14N6/c1-7-8(6-13-16(7)3)14-10-12-5-4-9(11-2)15-10/h4-6H,1-3H3,(H2,11,12,14,15). The number of rotatable bonds is 3. The minimum absolute atomic E-state index is 0.558. The summed E-state index contributed by atoms with van der Waals surface area (Å²) in [5.74, 6) is 1.34. The van der Waals surface area contributed by atoms with Crippen molar-refractivity contribution in [3.63, 3.8) is 0 Å². The highest BCUT2D eigenvalue weighted by Gasteiger charge is 2.05. The maximum absolute atomic E-state index is 4.27. The number of hydrogen-bond donors (Lipinski definition) is 2. The fraction of sp³-hybridized carbons (Fsp3) is 0.300. The van der Waals surface area contributed by atoms with E-state index in [4.69, 9.17) is 0 Å². The highest BCUT2D eigenvalue weighted by Crippen LogP contribution is 2.17. The molecule has 84 valence electrons. The molecule has 0 atom stereocenters.